The van der Waals surface area contributed by atoms with Gasteiger partial charge in [0, 0.05) is 18.8 Å². The standard InChI is InChI=1S/C18H17Cl2FN2O2/c19-15-6-5-14(11-16(15)20)22-17(24)23-9-7-18(25,8-10-23)12-1-3-13(21)4-2-12/h1-6,11,25H,7-10H2,(H,22,24). The van der Waals surface area contributed by atoms with Crippen molar-refractivity contribution in [1.82, 2.24) is 4.90 Å². The van der Waals surface area contributed by atoms with Crippen molar-refractivity contribution in [3.05, 3.63) is 63.9 Å². The number of benzene rings is 2. The van der Waals surface area contributed by atoms with E-state index >= 15 is 0 Å². The topological polar surface area (TPSA) is 52.6 Å². The molecular weight excluding hydrogens is 366 g/mol. The molecule has 2 aromatic carbocycles. The van der Waals surface area contributed by atoms with Crippen molar-refractivity contribution in [2.24, 2.45) is 0 Å². The Morgan fingerprint density at radius 1 is 1.08 bits per heavy atom. The van der Waals surface area contributed by atoms with Crippen molar-refractivity contribution in [3.63, 3.8) is 0 Å². The Morgan fingerprint density at radius 3 is 2.32 bits per heavy atom. The molecule has 2 N–H and O–H groups in total. The van der Waals surface area contributed by atoms with Gasteiger partial charge in [-0.05, 0) is 48.7 Å². The zero-order valence-electron chi connectivity index (χ0n) is 13.3. The Bertz CT molecular complexity index is 775. The first-order valence-corrected chi connectivity index (χ1v) is 8.62. The van der Waals surface area contributed by atoms with E-state index in [9.17, 15) is 14.3 Å². The van der Waals surface area contributed by atoms with Gasteiger partial charge in [-0.15, -0.1) is 0 Å². The number of amides is 2. The van der Waals surface area contributed by atoms with Crippen LogP contribution in [-0.4, -0.2) is 29.1 Å². The SMILES string of the molecule is O=C(Nc1ccc(Cl)c(Cl)c1)N1CCC(O)(c2ccc(F)cc2)CC1. The number of likely N-dealkylation sites (tertiary alicyclic amines) is 1. The third-order valence-corrected chi connectivity index (χ3v) is 5.17. The molecule has 0 saturated carbocycles. The molecule has 0 unspecified atom stereocenters. The molecule has 7 heteroatoms. The van der Waals surface area contributed by atoms with E-state index < -0.39 is 5.60 Å². The highest BCUT2D eigenvalue weighted by Gasteiger charge is 2.35. The second kappa shape index (κ2) is 7.20. The van der Waals surface area contributed by atoms with E-state index in [2.05, 4.69) is 5.32 Å². The lowest BCUT2D eigenvalue weighted by Crippen LogP contribution is -2.46. The zero-order valence-corrected chi connectivity index (χ0v) is 14.8. The van der Waals surface area contributed by atoms with E-state index in [1.807, 2.05) is 0 Å². The van der Waals surface area contributed by atoms with Gasteiger partial charge in [0.05, 0.1) is 15.6 Å². The van der Waals surface area contributed by atoms with Crippen LogP contribution >= 0.6 is 23.2 Å². The second-order valence-corrected chi connectivity index (χ2v) is 6.90. The van der Waals surface area contributed by atoms with Crippen LogP contribution in [0.25, 0.3) is 0 Å². The molecule has 0 bridgehead atoms. The maximum Gasteiger partial charge on any atom is 0.321 e. The predicted octanol–water partition coefficient (Wildman–Crippen LogP) is 4.65. The highest BCUT2D eigenvalue weighted by Crippen LogP contribution is 2.33. The molecule has 1 aliphatic rings. The van der Waals surface area contributed by atoms with Crippen LogP contribution in [0.1, 0.15) is 18.4 Å². The fourth-order valence-corrected chi connectivity index (χ4v) is 3.20. The van der Waals surface area contributed by atoms with E-state index in [-0.39, 0.29) is 11.8 Å². The third-order valence-electron chi connectivity index (χ3n) is 4.43. The normalized spacial score (nSPS) is 16.6. The lowest BCUT2D eigenvalue weighted by atomic mass is 9.84. The Hall–Kier alpha value is -1.82. The summed E-state index contributed by atoms with van der Waals surface area (Å²) in [4.78, 5) is 14.0. The van der Waals surface area contributed by atoms with Gasteiger partial charge in [0.15, 0.2) is 0 Å². The molecule has 4 nitrogen and oxygen atoms in total. The van der Waals surface area contributed by atoms with E-state index in [1.54, 1.807) is 35.2 Å². The maximum absolute atomic E-state index is 13.0. The van der Waals surface area contributed by atoms with Gasteiger partial charge in [-0.1, -0.05) is 35.3 Å². The summed E-state index contributed by atoms with van der Waals surface area (Å²) in [6.45, 7) is 0.780. The molecule has 1 heterocycles. The molecule has 0 atom stereocenters. The lowest BCUT2D eigenvalue weighted by Gasteiger charge is -2.38. The third kappa shape index (κ3) is 4.06. The number of carbonyl (C=O) groups is 1. The van der Waals surface area contributed by atoms with Gasteiger partial charge in [-0.3, -0.25) is 0 Å². The zero-order chi connectivity index (χ0) is 18.0. The van der Waals surface area contributed by atoms with Gasteiger partial charge in [0.25, 0.3) is 0 Å². The van der Waals surface area contributed by atoms with Crippen LogP contribution in [0.4, 0.5) is 14.9 Å². The first-order valence-electron chi connectivity index (χ1n) is 7.87. The minimum atomic E-state index is -1.05. The molecule has 1 aliphatic heterocycles. The monoisotopic (exact) mass is 382 g/mol. The van der Waals surface area contributed by atoms with Crippen molar-refractivity contribution in [2.45, 2.75) is 18.4 Å². The summed E-state index contributed by atoms with van der Waals surface area (Å²) < 4.78 is 13.0. The van der Waals surface area contributed by atoms with Crippen molar-refractivity contribution in [3.8, 4) is 0 Å². The van der Waals surface area contributed by atoms with Crippen LogP contribution in [0, 0.1) is 5.82 Å². The van der Waals surface area contributed by atoms with Crippen molar-refractivity contribution < 1.29 is 14.3 Å². The molecule has 1 fully saturated rings. The number of urea groups is 1. The van der Waals surface area contributed by atoms with E-state index in [0.29, 0.717) is 47.2 Å². The van der Waals surface area contributed by atoms with Gasteiger partial charge in [0.1, 0.15) is 5.82 Å². The minimum Gasteiger partial charge on any atom is -0.385 e. The van der Waals surface area contributed by atoms with Gasteiger partial charge in [0.2, 0.25) is 0 Å². The number of nitrogens with zero attached hydrogens (tertiary/aromatic N) is 1. The molecule has 0 spiro atoms. The Balaban J connectivity index is 1.62. The van der Waals surface area contributed by atoms with E-state index in [1.165, 1.54) is 12.1 Å². The summed E-state index contributed by atoms with van der Waals surface area (Å²) in [5, 5.41) is 14.3. The number of piperidine rings is 1. The van der Waals surface area contributed by atoms with Crippen LogP contribution < -0.4 is 5.32 Å². The van der Waals surface area contributed by atoms with Crippen molar-refractivity contribution in [1.29, 1.82) is 0 Å². The molecule has 3 rings (SSSR count). The van der Waals surface area contributed by atoms with E-state index in [0.717, 1.165) is 0 Å². The van der Waals surface area contributed by atoms with Crippen LogP contribution in [0.3, 0.4) is 0 Å². The molecule has 2 amide bonds. The van der Waals surface area contributed by atoms with Crippen LogP contribution in [0.2, 0.25) is 10.0 Å². The smallest absolute Gasteiger partial charge is 0.321 e. The summed E-state index contributed by atoms with van der Waals surface area (Å²) in [7, 11) is 0. The van der Waals surface area contributed by atoms with Gasteiger partial charge in [-0.25, -0.2) is 9.18 Å². The summed E-state index contributed by atoms with van der Waals surface area (Å²) in [5.41, 5.74) is 0.172. The number of halogens is 3. The minimum absolute atomic E-state index is 0.264. The number of nitrogens with one attached hydrogen (secondary N) is 1. The number of hydrogen-bond acceptors (Lipinski definition) is 2. The number of carbonyl (C=O) groups excluding carboxylic acids is 1. The predicted molar refractivity (Wildman–Crippen MR) is 96.6 cm³/mol. The number of anilines is 1. The van der Waals surface area contributed by atoms with Gasteiger partial charge < -0.3 is 15.3 Å². The summed E-state index contributed by atoms with van der Waals surface area (Å²) in [5.74, 6) is -0.342. The molecule has 2 aromatic rings. The molecule has 25 heavy (non-hydrogen) atoms. The Morgan fingerprint density at radius 2 is 1.72 bits per heavy atom. The van der Waals surface area contributed by atoms with Crippen LogP contribution in [0.5, 0.6) is 0 Å². The fourth-order valence-electron chi connectivity index (χ4n) is 2.90. The Kier molecular flexibility index (Phi) is 5.18. The largest absolute Gasteiger partial charge is 0.385 e. The first kappa shape index (κ1) is 18.0. The number of aliphatic hydroxyl groups is 1. The average Bonchev–Trinajstić information content (AvgIpc) is 2.59. The average molecular weight is 383 g/mol. The molecule has 0 radical (unpaired) electrons. The van der Waals surface area contributed by atoms with Crippen LogP contribution in [-0.2, 0) is 5.60 Å². The van der Waals surface area contributed by atoms with Gasteiger partial charge >= 0.3 is 6.03 Å². The maximum atomic E-state index is 13.0. The van der Waals surface area contributed by atoms with Crippen molar-refractivity contribution in [2.75, 3.05) is 18.4 Å². The Labute approximate surface area is 155 Å². The second-order valence-electron chi connectivity index (χ2n) is 6.08. The molecule has 132 valence electrons. The molecule has 0 aliphatic carbocycles. The summed E-state index contributed by atoms with van der Waals surface area (Å²) >= 11 is 11.8. The summed E-state index contributed by atoms with van der Waals surface area (Å²) in [6.07, 6.45) is 0.765. The highest BCUT2D eigenvalue weighted by molar-refractivity contribution is 6.42. The first-order chi connectivity index (χ1) is 11.9. The van der Waals surface area contributed by atoms with Crippen LogP contribution in [0.15, 0.2) is 42.5 Å². The molecular formula is C18H17Cl2FN2O2. The fraction of sp³-hybridized carbons (Fsp3) is 0.278. The molecule has 0 aromatic heterocycles. The lowest BCUT2D eigenvalue weighted by molar-refractivity contribution is -0.0157. The quantitative estimate of drug-likeness (QED) is 0.794. The summed E-state index contributed by atoms with van der Waals surface area (Å²) in [6, 6.07) is 10.4. The highest BCUT2D eigenvalue weighted by atomic mass is 35.5. The number of rotatable bonds is 2. The molecule has 1 saturated heterocycles. The van der Waals surface area contributed by atoms with Gasteiger partial charge in [-0.2, -0.15) is 0 Å². The van der Waals surface area contributed by atoms with Crippen molar-refractivity contribution >= 4 is 34.9 Å². The van der Waals surface area contributed by atoms with E-state index in [4.69, 9.17) is 23.2 Å². The number of hydrogen-bond donors (Lipinski definition) is 2.